The van der Waals surface area contributed by atoms with Gasteiger partial charge in [-0.25, -0.2) is 9.80 Å². The lowest BCUT2D eigenvalue weighted by Gasteiger charge is -2.54. The largest absolute Gasteiger partial charge is 0.481 e. The van der Waals surface area contributed by atoms with Gasteiger partial charge in [-0.2, -0.15) is 5.01 Å². The van der Waals surface area contributed by atoms with Gasteiger partial charge >= 0.3 is 12.0 Å². The number of nitrogens with zero attached hydrogens (tertiary/aromatic N) is 4. The Hall–Kier alpha value is -4.27. The highest BCUT2D eigenvalue weighted by Gasteiger charge is 2.51. The van der Waals surface area contributed by atoms with Crippen LogP contribution in [0.1, 0.15) is 17.5 Å². The van der Waals surface area contributed by atoms with E-state index in [0.717, 1.165) is 11.1 Å². The molecule has 0 radical (unpaired) electrons. The molecule has 0 aliphatic carbocycles. The monoisotopic (exact) mass is 553 g/mol. The first-order valence-corrected chi connectivity index (χ1v) is 12.6. The molecule has 2 aromatic rings. The summed E-state index contributed by atoms with van der Waals surface area (Å²) in [6.07, 6.45) is 4.46. The summed E-state index contributed by atoms with van der Waals surface area (Å²) in [4.78, 5) is 54.6. The molecule has 0 bridgehead atoms. The number of nitrogens with one attached hydrogen (secondary N) is 1. The van der Waals surface area contributed by atoms with E-state index in [9.17, 15) is 24.3 Å². The average molecular weight is 554 g/mol. The first-order valence-electron chi connectivity index (χ1n) is 12.3. The molecule has 0 saturated carbocycles. The fourth-order valence-corrected chi connectivity index (χ4v) is 4.93. The average Bonchev–Trinajstić information content (AvgIpc) is 2.93. The van der Waals surface area contributed by atoms with E-state index in [4.69, 9.17) is 18.3 Å². The van der Waals surface area contributed by atoms with E-state index >= 15 is 0 Å². The standard InChI is InChI=1S/C27H28ClN5O6/c1-2-13-31-18-24(34)32-22(15-25(35)36)26(37)30(14-12-19-8-10-21(39-28)11-9-19)17-23(32)33(31)27(38)29-16-20-6-4-3-5-7-20/h1,3-11,22-23H,12-18H2,(H,29,38)(H,35,36)/t22-,23-/m0/s1. The summed E-state index contributed by atoms with van der Waals surface area (Å²) in [5.41, 5.74) is 1.76. The van der Waals surface area contributed by atoms with Crippen molar-refractivity contribution in [1.29, 1.82) is 0 Å². The minimum atomic E-state index is -1.27. The highest BCUT2D eigenvalue weighted by molar-refractivity contribution is 6.09. The van der Waals surface area contributed by atoms with Crippen LogP contribution in [0.15, 0.2) is 54.6 Å². The van der Waals surface area contributed by atoms with E-state index in [1.165, 1.54) is 19.8 Å². The second-order valence-corrected chi connectivity index (χ2v) is 9.32. The first kappa shape index (κ1) is 27.8. The van der Waals surface area contributed by atoms with Crippen LogP contribution in [0.2, 0.25) is 0 Å². The molecular weight excluding hydrogens is 526 g/mol. The minimum Gasteiger partial charge on any atom is -0.481 e. The topological polar surface area (TPSA) is 123 Å². The number of carbonyl (C=O) groups excluding carboxylic acids is 3. The normalized spacial score (nSPS) is 19.3. The summed E-state index contributed by atoms with van der Waals surface area (Å²) in [6, 6.07) is 14.5. The van der Waals surface area contributed by atoms with Crippen molar-refractivity contribution in [2.24, 2.45) is 0 Å². The molecule has 0 unspecified atom stereocenters. The lowest BCUT2D eigenvalue weighted by molar-refractivity contribution is -0.190. The third kappa shape index (κ3) is 6.42. The van der Waals surface area contributed by atoms with Crippen LogP contribution in [0.5, 0.6) is 5.75 Å². The van der Waals surface area contributed by atoms with Crippen LogP contribution in [-0.4, -0.2) is 87.1 Å². The van der Waals surface area contributed by atoms with Gasteiger partial charge in [0.05, 0.1) is 26.1 Å². The zero-order chi connectivity index (χ0) is 27.9. The van der Waals surface area contributed by atoms with Gasteiger partial charge in [0.15, 0.2) is 0 Å². The number of terminal acetylenes is 1. The maximum absolute atomic E-state index is 13.5. The molecule has 2 fully saturated rings. The van der Waals surface area contributed by atoms with Gasteiger partial charge in [-0.05, 0) is 29.7 Å². The molecule has 2 atom stereocenters. The molecule has 4 amide bonds. The van der Waals surface area contributed by atoms with Crippen LogP contribution in [0, 0.1) is 12.3 Å². The molecule has 0 spiro atoms. The zero-order valence-electron chi connectivity index (χ0n) is 21.0. The molecule has 2 saturated heterocycles. The van der Waals surface area contributed by atoms with E-state index in [2.05, 4.69) is 15.5 Å². The van der Waals surface area contributed by atoms with Gasteiger partial charge in [0, 0.05) is 13.1 Å². The molecule has 2 aromatic carbocycles. The maximum atomic E-state index is 13.5. The summed E-state index contributed by atoms with van der Waals surface area (Å²) >= 11 is 5.38. The van der Waals surface area contributed by atoms with Crippen molar-refractivity contribution in [3.05, 3.63) is 65.7 Å². The fraction of sp³-hybridized carbons (Fsp3) is 0.333. The number of carbonyl (C=O) groups is 4. The molecule has 4 rings (SSSR count). The lowest BCUT2D eigenvalue weighted by Crippen LogP contribution is -2.76. The Labute approximate surface area is 231 Å². The number of piperazine rings is 1. The van der Waals surface area contributed by atoms with Crippen molar-refractivity contribution in [2.45, 2.75) is 31.6 Å². The van der Waals surface area contributed by atoms with Crippen molar-refractivity contribution in [1.82, 2.24) is 25.1 Å². The van der Waals surface area contributed by atoms with E-state index in [1.54, 1.807) is 24.3 Å². The van der Waals surface area contributed by atoms with Gasteiger partial charge in [0.25, 0.3) is 0 Å². The molecule has 11 nitrogen and oxygen atoms in total. The third-order valence-electron chi connectivity index (χ3n) is 6.65. The lowest BCUT2D eigenvalue weighted by atomic mass is 10.0. The van der Waals surface area contributed by atoms with Gasteiger partial charge in [0.2, 0.25) is 11.8 Å². The number of benzene rings is 2. The number of hydrogen-bond donors (Lipinski definition) is 2. The number of amides is 4. The molecule has 2 aliphatic heterocycles. The quantitative estimate of drug-likeness (QED) is 0.453. The fourth-order valence-electron chi connectivity index (χ4n) is 4.83. The van der Waals surface area contributed by atoms with Gasteiger partial charge in [0.1, 0.15) is 29.8 Å². The van der Waals surface area contributed by atoms with E-state index in [1.807, 2.05) is 30.3 Å². The first-order chi connectivity index (χ1) is 18.8. The van der Waals surface area contributed by atoms with E-state index in [0.29, 0.717) is 12.2 Å². The van der Waals surface area contributed by atoms with Crippen LogP contribution < -0.4 is 9.61 Å². The van der Waals surface area contributed by atoms with Gasteiger partial charge in [-0.1, -0.05) is 48.4 Å². The van der Waals surface area contributed by atoms with Crippen molar-refractivity contribution < 1.29 is 28.6 Å². The molecular formula is C27H28ClN5O6. The Bertz CT molecular complexity index is 1250. The Balaban J connectivity index is 1.60. The van der Waals surface area contributed by atoms with Gasteiger partial charge in [-0.15, -0.1) is 6.42 Å². The number of rotatable bonds is 9. The summed E-state index contributed by atoms with van der Waals surface area (Å²) in [6.45, 7) is 0.162. The summed E-state index contributed by atoms with van der Waals surface area (Å²) in [5, 5.41) is 15.2. The Morgan fingerprint density at radius 1 is 1.10 bits per heavy atom. The Kier molecular flexibility index (Phi) is 8.91. The van der Waals surface area contributed by atoms with Crippen LogP contribution >= 0.6 is 11.9 Å². The molecule has 0 aromatic heterocycles. The SMILES string of the molecule is C#CCN1CC(=O)N2[C@@H](CC(=O)O)C(=O)N(CCc3ccc(OCl)cc3)C[C@@H]2N1C(=O)NCc1ccccc1. The molecule has 2 aliphatic rings. The second-order valence-electron chi connectivity index (χ2n) is 9.17. The number of hydrazine groups is 1. The number of aliphatic carboxylic acids is 1. The molecule has 39 heavy (non-hydrogen) atoms. The Morgan fingerprint density at radius 3 is 2.46 bits per heavy atom. The second kappa shape index (κ2) is 12.5. The number of fused-ring (bicyclic) bond motifs is 1. The van der Waals surface area contributed by atoms with Gasteiger partial charge in [-0.3, -0.25) is 14.4 Å². The third-order valence-corrected chi connectivity index (χ3v) is 6.83. The highest BCUT2D eigenvalue weighted by Crippen LogP contribution is 2.28. The molecule has 204 valence electrons. The predicted molar refractivity (Wildman–Crippen MR) is 141 cm³/mol. The number of carboxylic acid groups (broad SMARTS) is 1. The predicted octanol–water partition coefficient (Wildman–Crippen LogP) is 1.68. The smallest absolute Gasteiger partial charge is 0.334 e. The van der Waals surface area contributed by atoms with Crippen molar-refractivity contribution >= 4 is 35.7 Å². The summed E-state index contributed by atoms with van der Waals surface area (Å²) in [7, 11) is 0. The van der Waals surface area contributed by atoms with Crippen LogP contribution in [0.4, 0.5) is 4.79 Å². The number of hydrogen-bond acceptors (Lipinski definition) is 6. The van der Waals surface area contributed by atoms with Crippen molar-refractivity contribution in [3.63, 3.8) is 0 Å². The highest BCUT2D eigenvalue weighted by atomic mass is 35.5. The van der Waals surface area contributed by atoms with Gasteiger partial charge < -0.3 is 24.5 Å². The minimum absolute atomic E-state index is 0.0105. The maximum Gasteiger partial charge on any atom is 0.334 e. The number of carboxylic acids is 1. The van der Waals surface area contributed by atoms with Crippen molar-refractivity contribution in [3.8, 4) is 18.1 Å². The molecule has 12 heteroatoms. The van der Waals surface area contributed by atoms with Crippen LogP contribution in [-0.2, 0) is 27.3 Å². The van der Waals surface area contributed by atoms with E-state index in [-0.39, 0.29) is 32.7 Å². The number of urea groups is 1. The summed E-state index contributed by atoms with van der Waals surface area (Å²) in [5.74, 6) is 0.747. The van der Waals surface area contributed by atoms with Crippen LogP contribution in [0.25, 0.3) is 0 Å². The number of halogens is 1. The zero-order valence-corrected chi connectivity index (χ0v) is 21.8. The summed E-state index contributed by atoms with van der Waals surface area (Å²) < 4.78 is 4.67. The Morgan fingerprint density at radius 2 is 1.82 bits per heavy atom. The van der Waals surface area contributed by atoms with Crippen molar-refractivity contribution in [2.75, 3.05) is 26.2 Å². The van der Waals surface area contributed by atoms with E-state index < -0.39 is 42.4 Å². The molecule has 2 N–H and O–H groups in total. The molecule has 2 heterocycles. The van der Waals surface area contributed by atoms with Crippen LogP contribution in [0.3, 0.4) is 0 Å².